The first-order chi connectivity index (χ1) is 20.7. The number of hydrogen-bond donors (Lipinski definition) is 3. The van der Waals surface area contributed by atoms with Crippen molar-refractivity contribution < 1.29 is 36.5 Å². The lowest BCUT2D eigenvalue weighted by atomic mass is 10.2. The van der Waals surface area contributed by atoms with Gasteiger partial charge in [0.15, 0.2) is 10.1 Å². The van der Waals surface area contributed by atoms with Crippen molar-refractivity contribution in [3.63, 3.8) is 0 Å². The fourth-order valence-electron chi connectivity index (χ4n) is 3.95. The van der Waals surface area contributed by atoms with E-state index in [1.54, 1.807) is 58.5 Å². The lowest BCUT2D eigenvalue weighted by molar-refractivity contribution is 0.167. The molecule has 0 amide bonds. The Kier molecular flexibility index (Phi) is 12.0. The molecule has 4 N–H and O–H groups in total. The maximum Gasteiger partial charge on any atom is 0.262 e. The van der Waals surface area contributed by atoms with E-state index in [-0.39, 0.29) is 36.2 Å². The highest BCUT2D eigenvalue weighted by Gasteiger charge is 2.28. The van der Waals surface area contributed by atoms with Gasteiger partial charge in [0.2, 0.25) is 0 Å². The van der Waals surface area contributed by atoms with Gasteiger partial charge in [-0.1, -0.05) is 24.3 Å². The molecule has 4 aromatic rings. The second-order valence-corrected chi connectivity index (χ2v) is 13.4. The normalized spacial score (nSPS) is 13.2. The summed E-state index contributed by atoms with van der Waals surface area (Å²) in [5, 5.41) is 31.0. The molecule has 240 valence electrons. The average molecular weight is 651 g/mol. The van der Waals surface area contributed by atoms with E-state index in [4.69, 9.17) is 19.7 Å². The van der Waals surface area contributed by atoms with Gasteiger partial charge in [-0.3, -0.25) is 9.36 Å². The van der Waals surface area contributed by atoms with Crippen molar-refractivity contribution in [1.82, 2.24) is 23.9 Å². The zero-order chi connectivity index (χ0) is 32.5. The maximum absolute atomic E-state index is 13.4. The smallest absolute Gasteiger partial charge is 0.262 e. The highest BCUT2D eigenvalue weighted by Crippen LogP contribution is 2.22. The Balaban J connectivity index is 0.000000340. The van der Waals surface area contributed by atoms with Gasteiger partial charge in [-0.05, 0) is 61.4 Å². The summed E-state index contributed by atoms with van der Waals surface area (Å²) in [6.45, 7) is 4.00. The van der Waals surface area contributed by atoms with Crippen LogP contribution in [0.1, 0.15) is 25.0 Å². The van der Waals surface area contributed by atoms with Crippen LogP contribution >= 0.6 is 0 Å². The molecular weight excluding hydrogens is 612 g/mol. The Labute approximate surface area is 257 Å². The van der Waals surface area contributed by atoms with E-state index in [1.807, 2.05) is 24.3 Å². The number of hydrogen-bond acceptors (Lipinski definition) is 10. The number of nitrogens with zero attached hydrogens (tertiary/aromatic N) is 5. The summed E-state index contributed by atoms with van der Waals surface area (Å²) in [7, 11) is -4.45. The number of sulfonamides is 2. The predicted octanol–water partition coefficient (Wildman–Crippen LogP) is 1.58. The van der Waals surface area contributed by atoms with Gasteiger partial charge >= 0.3 is 0 Å². The second kappa shape index (κ2) is 15.3. The first-order valence-corrected chi connectivity index (χ1v) is 16.4. The highest BCUT2D eigenvalue weighted by molar-refractivity contribution is 7.89. The second-order valence-electron chi connectivity index (χ2n) is 9.96. The molecule has 2 atom stereocenters. The maximum atomic E-state index is 13.4. The Morgan fingerprint density at radius 2 is 1.11 bits per heavy atom. The van der Waals surface area contributed by atoms with Gasteiger partial charge in [0.1, 0.15) is 11.5 Å². The van der Waals surface area contributed by atoms with Gasteiger partial charge in [0.05, 0.1) is 39.5 Å². The number of nitrogens with two attached hydrogens (primary N) is 1. The van der Waals surface area contributed by atoms with Gasteiger partial charge in [0.25, 0.3) is 20.0 Å². The van der Waals surface area contributed by atoms with Gasteiger partial charge in [-0.15, -0.1) is 0 Å². The minimum atomic E-state index is -3.89. The van der Waals surface area contributed by atoms with Crippen LogP contribution in [0.25, 0.3) is 0 Å². The van der Waals surface area contributed by atoms with Crippen molar-refractivity contribution in [1.29, 1.82) is 0 Å². The van der Waals surface area contributed by atoms with Crippen molar-refractivity contribution >= 4 is 20.0 Å². The van der Waals surface area contributed by atoms with Gasteiger partial charge in [-0.2, -0.15) is 14.5 Å². The Morgan fingerprint density at radius 1 is 0.727 bits per heavy atom. The van der Waals surface area contributed by atoms with E-state index >= 15 is 0 Å². The summed E-state index contributed by atoms with van der Waals surface area (Å²) >= 11 is 0. The molecule has 4 rings (SSSR count). The van der Waals surface area contributed by atoms with Crippen LogP contribution in [-0.4, -0.2) is 77.3 Å². The molecule has 2 heterocycles. The van der Waals surface area contributed by atoms with E-state index in [2.05, 4.69) is 10.2 Å². The molecule has 16 heteroatoms. The van der Waals surface area contributed by atoms with Crippen molar-refractivity contribution in [2.75, 3.05) is 14.2 Å². The fraction of sp³-hybridized carbons (Fsp3) is 0.357. The number of methoxy groups -OCH3 is 2. The van der Waals surface area contributed by atoms with E-state index in [9.17, 15) is 21.9 Å². The third-order valence-corrected chi connectivity index (χ3v) is 8.55. The van der Waals surface area contributed by atoms with Crippen LogP contribution in [0.15, 0.2) is 83.1 Å². The highest BCUT2D eigenvalue weighted by atomic mass is 32.2. The van der Waals surface area contributed by atoms with Crippen LogP contribution in [-0.2, 0) is 46.2 Å². The molecule has 0 aliphatic rings. The first-order valence-electron chi connectivity index (χ1n) is 13.4. The van der Waals surface area contributed by atoms with Crippen molar-refractivity contribution in [2.24, 2.45) is 5.14 Å². The zero-order valence-corrected chi connectivity index (χ0v) is 26.5. The minimum Gasteiger partial charge on any atom is -0.497 e. The minimum absolute atomic E-state index is 0.0600. The van der Waals surface area contributed by atoms with Gasteiger partial charge < -0.3 is 19.7 Å². The molecule has 14 nitrogen and oxygen atoms in total. The van der Waals surface area contributed by atoms with Crippen molar-refractivity contribution in [3.8, 4) is 11.5 Å². The van der Waals surface area contributed by atoms with Crippen LogP contribution < -0.4 is 14.6 Å². The fourth-order valence-corrected chi connectivity index (χ4v) is 5.76. The van der Waals surface area contributed by atoms with Crippen molar-refractivity contribution in [3.05, 3.63) is 84.2 Å². The first kappa shape index (κ1) is 34.7. The summed E-state index contributed by atoms with van der Waals surface area (Å²) in [5.41, 5.74) is 1.64. The zero-order valence-electron chi connectivity index (χ0n) is 24.9. The van der Waals surface area contributed by atoms with Crippen LogP contribution in [0.3, 0.4) is 0 Å². The van der Waals surface area contributed by atoms with Crippen LogP contribution in [0.2, 0.25) is 0 Å². The summed E-state index contributed by atoms with van der Waals surface area (Å²) < 4.78 is 62.9. The Bertz CT molecular complexity index is 1630. The number of aromatic nitrogens is 4. The monoisotopic (exact) mass is 650 g/mol. The summed E-state index contributed by atoms with van der Waals surface area (Å²) in [4.78, 5) is 0. The Morgan fingerprint density at radius 3 is 1.45 bits per heavy atom. The number of aliphatic hydroxyl groups is 2. The number of rotatable bonds is 13. The Hall–Kier alpha value is -3.80. The lowest BCUT2D eigenvalue weighted by Gasteiger charge is -2.21. The van der Waals surface area contributed by atoms with Crippen LogP contribution in [0, 0.1) is 0 Å². The molecule has 0 aliphatic carbocycles. The summed E-state index contributed by atoms with van der Waals surface area (Å²) in [6.07, 6.45) is 1.80. The standard InChI is InChI=1S/C22H27N3O5S.C6H11N3O3S/c1-17(26)14-24-13-12-22(23-24)31(27,28)25(15-18-4-8-20(29-2)9-5-18)16-19-6-10-21(30-3)11-7-19;1-5(10)4-9-3-2-6(8-9)13(7,11)12/h4-13,17,26H,14-16H2,1-3H3;2-3,5,10H,4H2,1H3,(H2,7,11,12)/t17-;5-/m00/s1. The molecule has 0 fully saturated rings. The molecule has 44 heavy (non-hydrogen) atoms. The van der Waals surface area contributed by atoms with Gasteiger partial charge in [0, 0.05) is 25.5 Å². The lowest BCUT2D eigenvalue weighted by Crippen LogP contribution is -2.30. The predicted molar refractivity (Wildman–Crippen MR) is 162 cm³/mol. The third-order valence-electron chi connectivity index (χ3n) is 6.07. The third kappa shape index (κ3) is 10.1. The van der Waals surface area contributed by atoms with E-state index in [0.29, 0.717) is 11.5 Å². The van der Waals surface area contributed by atoms with E-state index in [1.165, 1.54) is 32.0 Å². The molecule has 0 saturated carbocycles. The average Bonchev–Trinajstić information content (AvgIpc) is 3.63. The number of aliphatic hydroxyl groups excluding tert-OH is 2. The molecule has 2 aromatic heterocycles. The van der Waals surface area contributed by atoms with Crippen LogP contribution in [0.4, 0.5) is 0 Å². The van der Waals surface area contributed by atoms with Crippen molar-refractivity contribution in [2.45, 2.75) is 62.3 Å². The number of primary sulfonamides is 1. The topological polar surface area (TPSA) is 192 Å². The summed E-state index contributed by atoms with van der Waals surface area (Å²) in [5.74, 6) is 1.40. The molecule has 0 unspecified atom stereocenters. The van der Waals surface area contributed by atoms with Gasteiger partial charge in [-0.25, -0.2) is 22.0 Å². The molecule has 0 aliphatic heterocycles. The molecular formula is C28H38N6O8S2. The number of benzene rings is 2. The van der Waals surface area contributed by atoms with E-state index < -0.39 is 32.3 Å². The summed E-state index contributed by atoms with van der Waals surface area (Å²) in [6, 6.07) is 17.3. The molecule has 2 aromatic carbocycles. The van der Waals surface area contributed by atoms with Crippen LogP contribution in [0.5, 0.6) is 11.5 Å². The largest absolute Gasteiger partial charge is 0.497 e. The molecule has 0 bridgehead atoms. The van der Waals surface area contributed by atoms with E-state index in [0.717, 1.165) is 11.1 Å². The molecule has 0 spiro atoms. The number of ether oxygens (including phenoxy) is 2. The molecule has 0 radical (unpaired) electrons. The quantitative estimate of drug-likeness (QED) is 0.191. The molecule has 0 saturated heterocycles. The SMILES string of the molecule is COc1ccc(CN(Cc2ccc(OC)cc2)S(=O)(=O)c2ccn(C[C@H](C)O)n2)cc1.C[C@H](O)Cn1ccc(S(N)(=O)=O)n1.